The van der Waals surface area contributed by atoms with E-state index in [1.54, 1.807) is 0 Å². The zero-order chi connectivity index (χ0) is 16.8. The molecule has 0 fully saturated rings. The molecule has 1 amide bonds. The van der Waals surface area contributed by atoms with Gasteiger partial charge in [0.15, 0.2) is 11.5 Å². The van der Waals surface area contributed by atoms with E-state index in [0.717, 1.165) is 22.8 Å². The minimum atomic E-state index is -0.164. The molecule has 0 bridgehead atoms. The van der Waals surface area contributed by atoms with Crippen molar-refractivity contribution in [2.45, 2.75) is 23.5 Å². The summed E-state index contributed by atoms with van der Waals surface area (Å²) in [6.45, 7) is 3.71. The Hall–Kier alpha value is -2.14. The number of ether oxygens (including phenoxy) is 2. The van der Waals surface area contributed by atoms with Crippen molar-refractivity contribution >= 4 is 17.7 Å². The van der Waals surface area contributed by atoms with Crippen LogP contribution >= 0.6 is 11.8 Å². The number of carbonyl (C=O) groups excluding carboxylic acids is 1. The quantitative estimate of drug-likeness (QED) is 0.818. The SMILES string of the molecule is C[C@@H](Sc1ccc2c(c1)OCCO2)C(=O)NCCc1ccccc1. The molecule has 4 nitrogen and oxygen atoms in total. The Morgan fingerprint density at radius 2 is 1.88 bits per heavy atom. The molecule has 3 rings (SSSR count). The fourth-order valence-corrected chi connectivity index (χ4v) is 3.39. The first-order valence-corrected chi connectivity index (χ1v) is 8.98. The van der Waals surface area contributed by atoms with Crippen LogP contribution in [0.5, 0.6) is 11.5 Å². The van der Waals surface area contributed by atoms with Crippen LogP contribution in [0.15, 0.2) is 53.4 Å². The van der Waals surface area contributed by atoms with E-state index in [4.69, 9.17) is 9.47 Å². The number of hydrogen-bond acceptors (Lipinski definition) is 4. The lowest BCUT2D eigenvalue weighted by atomic mass is 10.1. The second-order valence-electron chi connectivity index (χ2n) is 5.59. The van der Waals surface area contributed by atoms with Gasteiger partial charge in [-0.2, -0.15) is 0 Å². The van der Waals surface area contributed by atoms with Gasteiger partial charge in [-0.25, -0.2) is 0 Å². The molecular weight excluding hydrogens is 322 g/mol. The number of rotatable bonds is 6. The van der Waals surface area contributed by atoms with Crippen LogP contribution in [0.2, 0.25) is 0 Å². The predicted octanol–water partition coefficient (Wildman–Crippen LogP) is 3.30. The Morgan fingerprint density at radius 1 is 1.12 bits per heavy atom. The van der Waals surface area contributed by atoms with Crippen LogP contribution in [0.25, 0.3) is 0 Å². The lowest BCUT2D eigenvalue weighted by molar-refractivity contribution is -0.120. The zero-order valence-corrected chi connectivity index (χ0v) is 14.5. The van der Waals surface area contributed by atoms with Crippen molar-refractivity contribution in [2.75, 3.05) is 19.8 Å². The highest BCUT2D eigenvalue weighted by Crippen LogP contribution is 2.35. The summed E-state index contributed by atoms with van der Waals surface area (Å²) in [5.41, 5.74) is 1.23. The number of fused-ring (bicyclic) bond motifs is 1. The Balaban J connectivity index is 1.49. The summed E-state index contributed by atoms with van der Waals surface area (Å²) in [5, 5.41) is 2.83. The predicted molar refractivity (Wildman–Crippen MR) is 95.9 cm³/mol. The van der Waals surface area contributed by atoms with E-state index < -0.39 is 0 Å². The molecule has 24 heavy (non-hydrogen) atoms. The van der Waals surface area contributed by atoms with Crippen LogP contribution in [-0.2, 0) is 11.2 Å². The van der Waals surface area contributed by atoms with Crippen molar-refractivity contribution in [3.63, 3.8) is 0 Å². The van der Waals surface area contributed by atoms with Crippen LogP contribution in [0.4, 0.5) is 0 Å². The number of thioether (sulfide) groups is 1. The molecule has 0 spiro atoms. The molecule has 126 valence electrons. The summed E-state index contributed by atoms with van der Waals surface area (Å²) >= 11 is 1.52. The van der Waals surface area contributed by atoms with E-state index in [1.165, 1.54) is 17.3 Å². The van der Waals surface area contributed by atoms with Crippen LogP contribution < -0.4 is 14.8 Å². The van der Waals surface area contributed by atoms with Gasteiger partial charge < -0.3 is 14.8 Å². The van der Waals surface area contributed by atoms with Crippen LogP contribution in [0.1, 0.15) is 12.5 Å². The van der Waals surface area contributed by atoms with Crippen LogP contribution in [0.3, 0.4) is 0 Å². The molecule has 1 N–H and O–H groups in total. The van der Waals surface area contributed by atoms with Crippen LogP contribution in [0, 0.1) is 0 Å². The Bertz CT molecular complexity index is 690. The highest BCUT2D eigenvalue weighted by Gasteiger charge is 2.17. The summed E-state index contributed by atoms with van der Waals surface area (Å²) in [5.74, 6) is 1.57. The lowest BCUT2D eigenvalue weighted by Crippen LogP contribution is -2.32. The molecule has 0 unspecified atom stereocenters. The highest BCUT2D eigenvalue weighted by atomic mass is 32.2. The molecule has 0 aliphatic carbocycles. The average molecular weight is 343 g/mol. The average Bonchev–Trinajstić information content (AvgIpc) is 2.62. The Morgan fingerprint density at radius 3 is 2.67 bits per heavy atom. The number of amides is 1. The zero-order valence-electron chi connectivity index (χ0n) is 13.7. The minimum absolute atomic E-state index is 0.0471. The number of hydrogen-bond donors (Lipinski definition) is 1. The Kier molecular flexibility index (Phi) is 5.64. The van der Waals surface area contributed by atoms with Gasteiger partial charge in [-0.3, -0.25) is 4.79 Å². The number of carbonyl (C=O) groups is 1. The fraction of sp³-hybridized carbons (Fsp3) is 0.316. The third-order valence-corrected chi connectivity index (χ3v) is 4.85. The van der Waals surface area contributed by atoms with Gasteiger partial charge in [-0.05, 0) is 37.1 Å². The summed E-state index contributed by atoms with van der Waals surface area (Å²) in [6, 6.07) is 16.0. The molecule has 0 saturated carbocycles. The fourth-order valence-electron chi connectivity index (χ4n) is 2.47. The maximum absolute atomic E-state index is 12.2. The smallest absolute Gasteiger partial charge is 0.233 e. The molecule has 0 aromatic heterocycles. The van der Waals surface area contributed by atoms with Gasteiger partial charge in [-0.15, -0.1) is 11.8 Å². The molecular formula is C19H21NO3S. The molecule has 5 heteroatoms. The standard InChI is InChI=1S/C19H21NO3S/c1-14(19(21)20-10-9-15-5-3-2-4-6-15)24-16-7-8-17-18(13-16)23-12-11-22-17/h2-8,13-14H,9-12H2,1H3,(H,20,21)/t14-/m1/s1. The number of nitrogens with one attached hydrogen (secondary N) is 1. The minimum Gasteiger partial charge on any atom is -0.486 e. The second-order valence-corrected chi connectivity index (χ2v) is 7.01. The van der Waals surface area contributed by atoms with Gasteiger partial charge >= 0.3 is 0 Å². The van der Waals surface area contributed by atoms with E-state index >= 15 is 0 Å². The van der Waals surface area contributed by atoms with Crippen LogP contribution in [-0.4, -0.2) is 30.9 Å². The molecule has 1 heterocycles. The molecule has 1 aliphatic heterocycles. The highest BCUT2D eigenvalue weighted by molar-refractivity contribution is 8.00. The molecule has 1 atom stereocenters. The van der Waals surface area contributed by atoms with E-state index in [9.17, 15) is 4.79 Å². The first kappa shape index (κ1) is 16.7. The second kappa shape index (κ2) is 8.11. The van der Waals surface area contributed by atoms with Gasteiger partial charge in [-0.1, -0.05) is 30.3 Å². The lowest BCUT2D eigenvalue weighted by Gasteiger charge is -2.19. The molecule has 0 radical (unpaired) electrons. The Labute approximate surface area is 146 Å². The largest absolute Gasteiger partial charge is 0.486 e. The van der Waals surface area contributed by atoms with Crippen molar-refractivity contribution in [1.82, 2.24) is 5.32 Å². The maximum atomic E-state index is 12.2. The number of benzene rings is 2. The van der Waals surface area contributed by atoms with Gasteiger partial charge in [0.1, 0.15) is 13.2 Å². The summed E-state index contributed by atoms with van der Waals surface area (Å²) < 4.78 is 11.1. The van der Waals surface area contributed by atoms with E-state index in [1.807, 2.05) is 43.3 Å². The van der Waals surface area contributed by atoms with E-state index in [0.29, 0.717) is 19.8 Å². The van der Waals surface area contributed by atoms with Gasteiger partial charge in [0.05, 0.1) is 5.25 Å². The van der Waals surface area contributed by atoms with Gasteiger partial charge in [0.25, 0.3) is 0 Å². The normalized spacial score (nSPS) is 14.0. The van der Waals surface area contributed by atoms with Crippen molar-refractivity contribution in [1.29, 1.82) is 0 Å². The first-order valence-electron chi connectivity index (χ1n) is 8.10. The molecule has 2 aromatic rings. The summed E-state index contributed by atoms with van der Waals surface area (Å²) in [4.78, 5) is 13.2. The third-order valence-electron chi connectivity index (χ3n) is 3.75. The van der Waals surface area contributed by atoms with Gasteiger partial charge in [0, 0.05) is 11.4 Å². The van der Waals surface area contributed by atoms with Crippen molar-refractivity contribution in [2.24, 2.45) is 0 Å². The molecule has 0 saturated heterocycles. The molecule has 1 aliphatic rings. The van der Waals surface area contributed by atoms with Gasteiger partial charge in [0.2, 0.25) is 5.91 Å². The van der Waals surface area contributed by atoms with Crippen molar-refractivity contribution in [3.8, 4) is 11.5 Å². The third kappa shape index (κ3) is 4.45. The summed E-state index contributed by atoms with van der Waals surface area (Å²) in [7, 11) is 0. The topological polar surface area (TPSA) is 47.6 Å². The maximum Gasteiger partial charge on any atom is 0.233 e. The monoisotopic (exact) mass is 343 g/mol. The molecule has 2 aromatic carbocycles. The summed E-state index contributed by atoms with van der Waals surface area (Å²) in [6.07, 6.45) is 0.841. The van der Waals surface area contributed by atoms with Crippen molar-refractivity contribution in [3.05, 3.63) is 54.1 Å². The van der Waals surface area contributed by atoms with Crippen molar-refractivity contribution < 1.29 is 14.3 Å². The van der Waals surface area contributed by atoms with E-state index in [-0.39, 0.29) is 11.2 Å². The van der Waals surface area contributed by atoms with E-state index in [2.05, 4.69) is 17.4 Å². The first-order chi connectivity index (χ1) is 11.7.